The molecule has 0 saturated carbocycles. The summed E-state index contributed by atoms with van der Waals surface area (Å²) in [5.41, 5.74) is 0.649. The molecule has 1 fully saturated rings. The maximum atomic E-state index is 13.6. The Bertz CT molecular complexity index is 1120. The van der Waals surface area contributed by atoms with Crippen molar-refractivity contribution < 1.29 is 22.7 Å². The van der Waals surface area contributed by atoms with Crippen LogP contribution >= 0.6 is 0 Å². The molecule has 0 bridgehead atoms. The number of hydrogen-bond acceptors (Lipinski definition) is 6. The molecule has 11 heteroatoms. The third-order valence-electron chi connectivity index (χ3n) is 5.61. The number of nitrogens with zero attached hydrogens (tertiary/aromatic N) is 6. The number of fused-ring (bicyclic) bond motifs is 1. The van der Waals surface area contributed by atoms with Gasteiger partial charge in [-0.15, -0.1) is 0 Å². The van der Waals surface area contributed by atoms with Crippen LogP contribution in [-0.2, 0) is 6.18 Å². The van der Waals surface area contributed by atoms with Crippen LogP contribution in [0.4, 0.5) is 13.2 Å². The number of carbonyl (C=O) groups excluding carboxylic acids is 1. The molecule has 0 aliphatic carbocycles. The number of hydrogen-bond donors (Lipinski definition) is 0. The molecule has 32 heavy (non-hydrogen) atoms. The third-order valence-corrected chi connectivity index (χ3v) is 5.61. The van der Waals surface area contributed by atoms with Crippen molar-refractivity contribution in [1.29, 1.82) is 0 Å². The lowest BCUT2D eigenvalue weighted by molar-refractivity contribution is -0.142. The molecule has 3 aromatic rings. The molecule has 3 aromatic heterocycles. The third kappa shape index (κ3) is 4.23. The van der Waals surface area contributed by atoms with Crippen molar-refractivity contribution in [2.75, 3.05) is 20.2 Å². The summed E-state index contributed by atoms with van der Waals surface area (Å²) in [5, 5.41) is 4.25. The predicted molar refractivity (Wildman–Crippen MR) is 109 cm³/mol. The fourth-order valence-corrected chi connectivity index (χ4v) is 3.80. The standard InChI is InChI=1S/C21H23F3N6O2/c1-12(2)15-8-17(21(22,23)24)30-18(27-15)9-16(28-30)13-4-6-29(7-5-13)19(31)14-10-25-20(32-3)26-11-14/h8-13H,4-7H2,1-3H3. The van der Waals surface area contributed by atoms with E-state index in [-0.39, 0.29) is 29.4 Å². The second-order valence-electron chi connectivity index (χ2n) is 8.08. The van der Waals surface area contributed by atoms with Gasteiger partial charge in [-0.25, -0.2) is 19.5 Å². The molecule has 0 atom stereocenters. The Hall–Kier alpha value is -3.24. The predicted octanol–water partition coefficient (Wildman–Crippen LogP) is 3.69. The van der Waals surface area contributed by atoms with Crippen molar-refractivity contribution in [3.8, 4) is 6.01 Å². The van der Waals surface area contributed by atoms with Gasteiger partial charge in [-0.2, -0.15) is 18.3 Å². The second kappa shape index (κ2) is 8.36. The number of methoxy groups -OCH3 is 1. The highest BCUT2D eigenvalue weighted by Gasteiger charge is 2.36. The smallest absolute Gasteiger partial charge is 0.433 e. The molecular formula is C21H23F3N6O2. The largest absolute Gasteiger partial charge is 0.467 e. The van der Waals surface area contributed by atoms with Crippen LogP contribution in [0.15, 0.2) is 24.5 Å². The van der Waals surface area contributed by atoms with E-state index in [0.717, 1.165) is 10.6 Å². The van der Waals surface area contributed by atoms with Gasteiger partial charge in [0.25, 0.3) is 5.91 Å². The van der Waals surface area contributed by atoms with Crippen molar-refractivity contribution in [1.82, 2.24) is 29.5 Å². The number of rotatable bonds is 4. The van der Waals surface area contributed by atoms with E-state index in [4.69, 9.17) is 4.74 Å². The molecule has 0 radical (unpaired) electrons. The normalized spacial score (nSPS) is 15.5. The Morgan fingerprint density at radius 3 is 2.38 bits per heavy atom. The van der Waals surface area contributed by atoms with E-state index in [9.17, 15) is 18.0 Å². The van der Waals surface area contributed by atoms with E-state index < -0.39 is 11.9 Å². The zero-order valence-corrected chi connectivity index (χ0v) is 17.9. The summed E-state index contributed by atoms with van der Waals surface area (Å²) in [6.45, 7) is 4.52. The average Bonchev–Trinajstić information content (AvgIpc) is 3.21. The molecule has 1 amide bonds. The maximum Gasteiger partial charge on any atom is 0.433 e. The fourth-order valence-electron chi connectivity index (χ4n) is 3.80. The minimum absolute atomic E-state index is 0.0588. The number of ether oxygens (including phenoxy) is 1. The Kier molecular flexibility index (Phi) is 5.74. The van der Waals surface area contributed by atoms with Crippen LogP contribution in [0.1, 0.15) is 66.0 Å². The zero-order valence-electron chi connectivity index (χ0n) is 17.9. The Morgan fingerprint density at radius 2 is 1.81 bits per heavy atom. The number of aromatic nitrogens is 5. The Labute approximate surface area is 182 Å². The average molecular weight is 448 g/mol. The highest BCUT2D eigenvalue weighted by atomic mass is 19.4. The maximum absolute atomic E-state index is 13.6. The van der Waals surface area contributed by atoms with Crippen molar-refractivity contribution in [3.63, 3.8) is 0 Å². The molecule has 4 heterocycles. The van der Waals surface area contributed by atoms with Crippen LogP contribution in [0, 0.1) is 0 Å². The first kappa shape index (κ1) is 22.0. The van der Waals surface area contributed by atoms with E-state index in [2.05, 4.69) is 20.1 Å². The van der Waals surface area contributed by atoms with Gasteiger partial charge in [0.15, 0.2) is 5.65 Å². The van der Waals surface area contributed by atoms with Crippen LogP contribution in [0.3, 0.4) is 0 Å². The number of carbonyl (C=O) groups is 1. The van der Waals surface area contributed by atoms with Gasteiger partial charge in [-0.1, -0.05) is 13.8 Å². The molecule has 0 N–H and O–H groups in total. The summed E-state index contributed by atoms with van der Waals surface area (Å²) in [7, 11) is 1.44. The molecule has 1 saturated heterocycles. The molecule has 8 nitrogen and oxygen atoms in total. The lowest BCUT2D eigenvalue weighted by Crippen LogP contribution is -2.38. The van der Waals surface area contributed by atoms with E-state index in [1.54, 1.807) is 24.8 Å². The van der Waals surface area contributed by atoms with Crippen LogP contribution in [0.25, 0.3) is 5.65 Å². The molecule has 0 aromatic carbocycles. The first-order chi connectivity index (χ1) is 15.2. The first-order valence-corrected chi connectivity index (χ1v) is 10.3. The van der Waals surface area contributed by atoms with Gasteiger partial charge in [0.05, 0.1) is 18.4 Å². The van der Waals surface area contributed by atoms with Gasteiger partial charge in [-0.3, -0.25) is 4.79 Å². The van der Waals surface area contributed by atoms with Crippen LogP contribution in [0.2, 0.25) is 0 Å². The van der Waals surface area contributed by atoms with E-state index in [1.165, 1.54) is 19.5 Å². The number of halogens is 3. The van der Waals surface area contributed by atoms with Gasteiger partial charge in [0.1, 0.15) is 5.69 Å². The number of likely N-dealkylation sites (tertiary alicyclic amines) is 1. The molecule has 0 spiro atoms. The Balaban J connectivity index is 1.53. The quantitative estimate of drug-likeness (QED) is 0.605. The summed E-state index contributed by atoms with van der Waals surface area (Å²) in [5.74, 6) is -0.393. The highest BCUT2D eigenvalue weighted by molar-refractivity contribution is 5.93. The van der Waals surface area contributed by atoms with Gasteiger partial charge < -0.3 is 9.64 Å². The molecule has 4 rings (SSSR count). The van der Waals surface area contributed by atoms with Gasteiger partial charge in [-0.05, 0) is 24.8 Å². The Morgan fingerprint density at radius 1 is 1.16 bits per heavy atom. The summed E-state index contributed by atoms with van der Waals surface area (Å²) < 4.78 is 46.6. The molecule has 1 aliphatic heterocycles. The van der Waals surface area contributed by atoms with E-state index in [0.29, 0.717) is 42.9 Å². The van der Waals surface area contributed by atoms with Gasteiger partial charge in [0, 0.05) is 43.2 Å². The summed E-state index contributed by atoms with van der Waals surface area (Å²) in [4.78, 5) is 26.7. The van der Waals surface area contributed by atoms with Crippen LogP contribution in [0.5, 0.6) is 6.01 Å². The van der Waals surface area contributed by atoms with Crippen LogP contribution in [-0.4, -0.2) is 55.6 Å². The molecule has 170 valence electrons. The zero-order chi connectivity index (χ0) is 23.0. The van der Waals surface area contributed by atoms with Gasteiger partial charge >= 0.3 is 12.2 Å². The SMILES string of the molecule is COc1ncc(C(=O)N2CCC(c3cc4nc(C(C)C)cc(C(F)(F)F)n4n3)CC2)cn1. The van der Waals surface area contributed by atoms with Crippen molar-refractivity contribution in [2.24, 2.45) is 0 Å². The highest BCUT2D eigenvalue weighted by Crippen LogP contribution is 2.33. The minimum Gasteiger partial charge on any atom is -0.467 e. The van der Waals surface area contributed by atoms with Gasteiger partial charge in [0.2, 0.25) is 0 Å². The lowest BCUT2D eigenvalue weighted by atomic mass is 9.93. The lowest BCUT2D eigenvalue weighted by Gasteiger charge is -2.31. The number of alkyl halides is 3. The summed E-state index contributed by atoms with van der Waals surface area (Å²) >= 11 is 0. The fraction of sp³-hybridized carbons (Fsp3) is 0.476. The summed E-state index contributed by atoms with van der Waals surface area (Å²) in [6.07, 6.45) is -0.529. The number of amides is 1. The summed E-state index contributed by atoms with van der Waals surface area (Å²) in [6, 6.07) is 2.87. The number of piperidine rings is 1. The first-order valence-electron chi connectivity index (χ1n) is 10.3. The van der Waals surface area contributed by atoms with Crippen molar-refractivity contribution >= 4 is 11.6 Å². The topological polar surface area (TPSA) is 85.5 Å². The molecule has 1 aliphatic rings. The van der Waals surface area contributed by atoms with Crippen LogP contribution < -0.4 is 4.74 Å². The molecule has 0 unspecified atom stereocenters. The monoisotopic (exact) mass is 448 g/mol. The second-order valence-corrected chi connectivity index (χ2v) is 8.08. The van der Waals surface area contributed by atoms with E-state index in [1.807, 2.05) is 0 Å². The minimum atomic E-state index is -4.54. The van der Waals surface area contributed by atoms with Crippen molar-refractivity contribution in [3.05, 3.63) is 47.2 Å². The van der Waals surface area contributed by atoms with E-state index >= 15 is 0 Å². The molecular weight excluding hydrogens is 425 g/mol. The van der Waals surface area contributed by atoms with Crippen molar-refractivity contribution in [2.45, 2.75) is 44.7 Å².